The minimum Gasteiger partial charge on any atom is -0.477 e. The minimum absolute atomic E-state index is 0.0152. The molecule has 1 saturated carbocycles. The van der Waals surface area contributed by atoms with E-state index in [0.29, 0.717) is 49.6 Å². The molecule has 4 N–H and O–H groups in total. The summed E-state index contributed by atoms with van der Waals surface area (Å²) in [7, 11) is 0. The Bertz CT molecular complexity index is 1860. The third-order valence-corrected chi connectivity index (χ3v) is 8.85. The normalized spacial score (nSPS) is 17.7. The van der Waals surface area contributed by atoms with E-state index >= 15 is 4.39 Å². The lowest BCUT2D eigenvalue weighted by Crippen LogP contribution is -2.51. The van der Waals surface area contributed by atoms with E-state index in [1.807, 2.05) is 4.90 Å². The van der Waals surface area contributed by atoms with Crippen LogP contribution < -0.4 is 31.2 Å². The number of aromatic nitrogens is 1. The number of carboxylic acid groups (broad SMARTS) is 1. The van der Waals surface area contributed by atoms with Crippen molar-refractivity contribution in [2.45, 2.75) is 31.9 Å². The highest BCUT2D eigenvalue weighted by molar-refractivity contribution is 5.93. The second-order valence-corrected chi connectivity index (χ2v) is 12.3. The number of nitrogens with zero attached hydrogens (tertiary/aromatic N) is 4. The molecule has 3 aromatic rings. The molecular formula is C33H37F2N7O7. The Labute approximate surface area is 279 Å². The molecule has 2 aliphatic heterocycles. The summed E-state index contributed by atoms with van der Waals surface area (Å²) in [6.07, 6.45) is 1.87. The number of ether oxygens (including phenoxy) is 1. The van der Waals surface area contributed by atoms with Crippen molar-refractivity contribution in [3.63, 3.8) is 0 Å². The number of anilines is 3. The van der Waals surface area contributed by atoms with Gasteiger partial charge in [-0.25, -0.2) is 18.4 Å². The quantitative estimate of drug-likeness (QED) is 0.208. The summed E-state index contributed by atoms with van der Waals surface area (Å²) >= 11 is 0. The van der Waals surface area contributed by atoms with Gasteiger partial charge in [-0.1, -0.05) is 0 Å². The lowest BCUT2D eigenvalue weighted by molar-refractivity contribution is -0.130. The first kappa shape index (κ1) is 33.6. The summed E-state index contributed by atoms with van der Waals surface area (Å²) in [5, 5.41) is 18.1. The van der Waals surface area contributed by atoms with Crippen LogP contribution in [0.5, 0.6) is 0 Å². The second-order valence-electron chi connectivity index (χ2n) is 12.3. The lowest BCUT2D eigenvalue weighted by Gasteiger charge is -2.36. The van der Waals surface area contributed by atoms with E-state index in [-0.39, 0.29) is 60.7 Å². The van der Waals surface area contributed by atoms with Crippen LogP contribution in [-0.2, 0) is 14.3 Å². The highest BCUT2D eigenvalue weighted by atomic mass is 19.1. The van der Waals surface area contributed by atoms with Gasteiger partial charge in [-0.3, -0.25) is 19.3 Å². The molecule has 3 amide bonds. The molecule has 2 saturated heterocycles. The largest absolute Gasteiger partial charge is 0.477 e. The maximum atomic E-state index is 15.2. The zero-order valence-corrected chi connectivity index (χ0v) is 26.8. The van der Waals surface area contributed by atoms with E-state index in [2.05, 4.69) is 16.0 Å². The third-order valence-electron chi connectivity index (χ3n) is 8.85. The molecule has 260 valence electrons. The van der Waals surface area contributed by atoms with Gasteiger partial charge in [0.15, 0.2) is 0 Å². The van der Waals surface area contributed by atoms with Crippen LogP contribution in [0.25, 0.3) is 10.9 Å². The Balaban J connectivity index is 0.963. The van der Waals surface area contributed by atoms with Crippen LogP contribution in [-0.4, -0.2) is 103 Å². The number of fused-ring (bicyclic) bond motifs is 1. The molecule has 3 fully saturated rings. The molecule has 14 nitrogen and oxygen atoms in total. The van der Waals surface area contributed by atoms with Gasteiger partial charge in [0, 0.05) is 63.8 Å². The molecule has 1 aromatic heterocycles. The molecule has 0 spiro atoms. The highest BCUT2D eigenvalue weighted by Crippen LogP contribution is 2.38. The molecule has 49 heavy (non-hydrogen) atoms. The Kier molecular flexibility index (Phi) is 9.67. The number of carbonyl (C=O) groups excluding carboxylic acids is 3. The number of hydrogen-bond acceptors (Lipinski definition) is 9. The Morgan fingerprint density at radius 3 is 2.43 bits per heavy atom. The number of amides is 3. The van der Waals surface area contributed by atoms with Gasteiger partial charge in [0.05, 0.1) is 42.2 Å². The average molecular weight is 682 g/mol. The van der Waals surface area contributed by atoms with Crippen LogP contribution in [0, 0.1) is 11.6 Å². The number of hydrogen-bond donors (Lipinski definition) is 4. The van der Waals surface area contributed by atoms with Crippen molar-refractivity contribution in [1.82, 2.24) is 20.1 Å². The summed E-state index contributed by atoms with van der Waals surface area (Å²) < 4.78 is 37.1. The summed E-state index contributed by atoms with van der Waals surface area (Å²) in [5.41, 5.74) is 0.222. The van der Waals surface area contributed by atoms with Crippen LogP contribution in [0.3, 0.4) is 0 Å². The van der Waals surface area contributed by atoms with E-state index in [9.17, 15) is 33.5 Å². The molecule has 0 bridgehead atoms. The number of pyridine rings is 1. The summed E-state index contributed by atoms with van der Waals surface area (Å²) in [6, 6.07) is 7.16. The van der Waals surface area contributed by atoms with E-state index < -0.39 is 35.2 Å². The van der Waals surface area contributed by atoms with Crippen molar-refractivity contribution in [3.8, 4) is 0 Å². The van der Waals surface area contributed by atoms with Crippen LogP contribution in [0.2, 0.25) is 0 Å². The monoisotopic (exact) mass is 681 g/mol. The lowest BCUT2D eigenvalue weighted by atomic mass is 10.1. The number of nitrogens with one attached hydrogen (secondary N) is 3. The van der Waals surface area contributed by atoms with E-state index in [1.54, 1.807) is 21.6 Å². The summed E-state index contributed by atoms with van der Waals surface area (Å²) in [4.78, 5) is 65.4. The summed E-state index contributed by atoms with van der Waals surface area (Å²) in [5.74, 6) is -2.91. The molecule has 2 aromatic carbocycles. The van der Waals surface area contributed by atoms with Gasteiger partial charge in [0.1, 0.15) is 23.3 Å². The first-order chi connectivity index (χ1) is 23.5. The number of cyclic esters (lactones) is 1. The molecule has 1 aliphatic carbocycles. The maximum Gasteiger partial charge on any atom is 0.414 e. The zero-order chi connectivity index (χ0) is 34.8. The van der Waals surface area contributed by atoms with E-state index in [0.717, 1.165) is 18.9 Å². The van der Waals surface area contributed by atoms with Crippen molar-refractivity contribution in [2.24, 2.45) is 0 Å². The fourth-order valence-electron chi connectivity index (χ4n) is 6.12. The van der Waals surface area contributed by atoms with Gasteiger partial charge >= 0.3 is 12.1 Å². The first-order valence-corrected chi connectivity index (χ1v) is 16.1. The van der Waals surface area contributed by atoms with Gasteiger partial charge in [-0.2, -0.15) is 0 Å². The van der Waals surface area contributed by atoms with E-state index in [4.69, 9.17) is 4.74 Å². The standard InChI is InChI=1S/C33H37F2N7O7/c1-19(43)38-15-22-17-42(33(48)49-22)21-4-5-28(26(35)12-21)39-8-10-40(11-9-39)30(44)16-36-6-7-37-27-14-29-23(13-25(27)34)31(45)24(32(46)47)18-41(29)20-2-3-20/h4-5,12-14,18,20,22,36-37H,2-3,6-11,15-17H2,1H3,(H,38,43)(H,46,47)/t22-/m0/s1. The predicted molar refractivity (Wildman–Crippen MR) is 176 cm³/mol. The topological polar surface area (TPSA) is 166 Å². The van der Waals surface area contributed by atoms with Gasteiger partial charge in [0.25, 0.3) is 0 Å². The van der Waals surface area contributed by atoms with Gasteiger partial charge in [-0.15, -0.1) is 0 Å². The Morgan fingerprint density at radius 1 is 1.00 bits per heavy atom. The number of rotatable bonds is 12. The molecule has 6 rings (SSSR count). The van der Waals surface area contributed by atoms with Gasteiger partial charge in [0.2, 0.25) is 17.2 Å². The van der Waals surface area contributed by atoms with Crippen molar-refractivity contribution in [2.75, 3.05) is 74.0 Å². The van der Waals surface area contributed by atoms with Gasteiger partial charge in [-0.05, 0) is 43.2 Å². The summed E-state index contributed by atoms with van der Waals surface area (Å²) in [6.45, 7) is 4.00. The molecule has 3 heterocycles. The van der Waals surface area contributed by atoms with E-state index in [1.165, 1.54) is 30.2 Å². The second kappa shape index (κ2) is 14.1. The number of carboxylic acids is 1. The van der Waals surface area contributed by atoms with Crippen LogP contribution >= 0.6 is 0 Å². The number of carbonyl (C=O) groups is 4. The first-order valence-electron chi connectivity index (χ1n) is 16.1. The van der Waals surface area contributed by atoms with Crippen molar-refractivity contribution < 1.29 is 37.8 Å². The molecule has 1 atom stereocenters. The fraction of sp³-hybridized carbons (Fsp3) is 0.424. The third kappa shape index (κ3) is 7.43. The molecule has 16 heteroatoms. The fourth-order valence-corrected chi connectivity index (χ4v) is 6.12. The predicted octanol–water partition coefficient (Wildman–Crippen LogP) is 2.12. The Morgan fingerprint density at radius 2 is 1.76 bits per heavy atom. The van der Waals surface area contributed by atoms with Crippen molar-refractivity contribution in [1.29, 1.82) is 0 Å². The van der Waals surface area contributed by atoms with Crippen molar-refractivity contribution in [3.05, 3.63) is 63.9 Å². The molecule has 3 aliphatic rings. The number of aromatic carboxylic acids is 1. The number of piperazine rings is 1. The SMILES string of the molecule is CC(=O)NC[C@H]1CN(c2ccc(N3CCN(C(=O)CNCCNc4cc5c(cc4F)c(=O)c(C(=O)O)cn5C4CC4)CC3)c(F)c2)C(=O)O1. The molecule has 0 unspecified atom stereocenters. The smallest absolute Gasteiger partial charge is 0.414 e. The zero-order valence-electron chi connectivity index (χ0n) is 26.8. The van der Waals surface area contributed by atoms with Crippen LogP contribution in [0.1, 0.15) is 36.2 Å². The molecular weight excluding hydrogens is 644 g/mol. The minimum atomic E-state index is -1.35. The number of benzene rings is 2. The maximum absolute atomic E-state index is 15.2. The van der Waals surface area contributed by atoms with Crippen molar-refractivity contribution >= 4 is 51.8 Å². The average Bonchev–Trinajstić information content (AvgIpc) is 3.85. The highest BCUT2D eigenvalue weighted by Gasteiger charge is 2.33. The number of halogens is 2. The Hall–Kier alpha value is -5.25. The molecule has 0 radical (unpaired) electrons. The van der Waals surface area contributed by atoms with Gasteiger partial charge < -0.3 is 40.2 Å². The van der Waals surface area contributed by atoms with Crippen LogP contribution in [0.4, 0.5) is 30.6 Å². The van der Waals surface area contributed by atoms with Crippen LogP contribution in [0.15, 0.2) is 41.3 Å².